The molecule has 3 aromatic heterocycles. The Hall–Kier alpha value is -2.65. The maximum Gasteiger partial charge on any atom is 0.139 e. The standard InChI is InChI=1S/C21H25N7O2/c1-26-21-17(27-8-12-2-3-13(9-27)29-12)7-18(28-10-14-6-15(11-28)30-14)23-20(21)19(25-26)16-4-5-22-24-16/h4-5,7,12-15H,2-3,6,8-11H2,1H3,(H,22,24). The SMILES string of the molecule is Cn1nc(-c2cc[nH]n2)c2nc(N3CC4CC(C3)O4)cc(N3CC4CCC(C3)O4)c21. The maximum atomic E-state index is 6.10. The van der Waals surface area contributed by atoms with Gasteiger partial charge in [0.1, 0.15) is 28.2 Å². The minimum absolute atomic E-state index is 0.325. The third kappa shape index (κ3) is 2.51. The number of morpholine rings is 2. The van der Waals surface area contributed by atoms with Crippen molar-refractivity contribution in [3.8, 4) is 11.4 Å². The van der Waals surface area contributed by atoms with Crippen LogP contribution < -0.4 is 9.80 Å². The van der Waals surface area contributed by atoms with E-state index in [9.17, 15) is 0 Å². The van der Waals surface area contributed by atoms with Gasteiger partial charge >= 0.3 is 0 Å². The van der Waals surface area contributed by atoms with Gasteiger partial charge in [0.2, 0.25) is 0 Å². The summed E-state index contributed by atoms with van der Waals surface area (Å²) in [5.74, 6) is 1.01. The lowest BCUT2D eigenvalue weighted by molar-refractivity contribution is -0.133. The molecule has 0 saturated carbocycles. The number of nitrogens with zero attached hydrogens (tertiary/aromatic N) is 6. The lowest BCUT2D eigenvalue weighted by Crippen LogP contribution is -2.57. The fourth-order valence-electron chi connectivity index (χ4n) is 5.57. The van der Waals surface area contributed by atoms with E-state index < -0.39 is 0 Å². The van der Waals surface area contributed by atoms with Crippen molar-refractivity contribution in [3.05, 3.63) is 18.3 Å². The number of aryl methyl sites for hydroxylation is 1. The molecule has 5 aliphatic heterocycles. The normalized spacial score (nSPS) is 30.2. The van der Waals surface area contributed by atoms with Gasteiger partial charge in [-0.2, -0.15) is 10.2 Å². The number of hydrogen-bond acceptors (Lipinski definition) is 7. The molecule has 1 N–H and O–H groups in total. The number of ether oxygens (including phenoxy) is 2. The third-order valence-electron chi connectivity index (χ3n) is 6.97. The van der Waals surface area contributed by atoms with Crippen LogP contribution in [0.1, 0.15) is 19.3 Å². The molecule has 4 bridgehead atoms. The fourth-order valence-corrected chi connectivity index (χ4v) is 5.57. The number of aromatic amines is 1. The first-order valence-electron chi connectivity index (χ1n) is 10.9. The van der Waals surface area contributed by atoms with Crippen molar-refractivity contribution < 1.29 is 9.47 Å². The van der Waals surface area contributed by atoms with Gasteiger partial charge in [0, 0.05) is 51.9 Å². The number of H-pyrrole nitrogens is 1. The van der Waals surface area contributed by atoms with Crippen LogP contribution in [0.5, 0.6) is 0 Å². The topological polar surface area (TPSA) is 84.3 Å². The number of piperidine rings is 1. The average molecular weight is 407 g/mol. The zero-order valence-electron chi connectivity index (χ0n) is 17.0. The molecule has 3 aromatic rings. The van der Waals surface area contributed by atoms with Crippen molar-refractivity contribution in [3.63, 3.8) is 0 Å². The molecule has 5 aliphatic rings. The molecule has 30 heavy (non-hydrogen) atoms. The summed E-state index contributed by atoms with van der Waals surface area (Å²) < 4.78 is 13.9. The summed E-state index contributed by atoms with van der Waals surface area (Å²) in [5.41, 5.74) is 4.83. The molecule has 4 unspecified atom stereocenters. The molecule has 8 heterocycles. The summed E-state index contributed by atoms with van der Waals surface area (Å²) in [4.78, 5) is 9.97. The van der Waals surface area contributed by atoms with Gasteiger partial charge in [-0.1, -0.05) is 0 Å². The molecule has 156 valence electrons. The maximum absolute atomic E-state index is 6.10. The number of anilines is 2. The summed E-state index contributed by atoms with van der Waals surface area (Å²) in [6, 6.07) is 4.21. The number of rotatable bonds is 3. The van der Waals surface area contributed by atoms with Crippen molar-refractivity contribution >= 4 is 22.5 Å². The molecule has 0 aromatic carbocycles. The van der Waals surface area contributed by atoms with Crippen LogP contribution in [0.4, 0.5) is 11.5 Å². The van der Waals surface area contributed by atoms with Crippen molar-refractivity contribution in [1.82, 2.24) is 25.0 Å². The van der Waals surface area contributed by atoms with Crippen molar-refractivity contribution in [2.75, 3.05) is 36.0 Å². The van der Waals surface area contributed by atoms with Crippen LogP contribution in [-0.2, 0) is 16.5 Å². The Morgan fingerprint density at radius 1 is 1.00 bits per heavy atom. The van der Waals surface area contributed by atoms with E-state index in [0.717, 1.165) is 67.3 Å². The number of pyridine rings is 1. The predicted molar refractivity (Wildman–Crippen MR) is 112 cm³/mol. The number of nitrogens with one attached hydrogen (secondary N) is 1. The molecule has 5 saturated heterocycles. The first kappa shape index (κ1) is 17.1. The van der Waals surface area contributed by atoms with Crippen LogP contribution in [0.15, 0.2) is 18.3 Å². The second kappa shape index (κ2) is 6.18. The van der Waals surface area contributed by atoms with E-state index in [1.54, 1.807) is 0 Å². The van der Waals surface area contributed by atoms with Gasteiger partial charge in [-0.25, -0.2) is 4.98 Å². The van der Waals surface area contributed by atoms with Crippen LogP contribution in [-0.4, -0.2) is 75.6 Å². The molecule has 0 radical (unpaired) electrons. The third-order valence-corrected chi connectivity index (χ3v) is 6.97. The molecule has 4 atom stereocenters. The monoisotopic (exact) mass is 407 g/mol. The van der Waals surface area contributed by atoms with Gasteiger partial charge in [-0.3, -0.25) is 9.78 Å². The molecular weight excluding hydrogens is 382 g/mol. The van der Waals surface area contributed by atoms with Crippen LogP contribution in [0.3, 0.4) is 0 Å². The summed E-state index contributed by atoms with van der Waals surface area (Å²) in [6.07, 6.45) is 6.63. The van der Waals surface area contributed by atoms with Crippen molar-refractivity contribution in [2.24, 2.45) is 7.05 Å². The van der Waals surface area contributed by atoms with Gasteiger partial charge in [0.15, 0.2) is 0 Å². The Bertz CT molecular complexity index is 1080. The first-order valence-corrected chi connectivity index (χ1v) is 10.9. The first-order chi connectivity index (χ1) is 14.7. The van der Waals surface area contributed by atoms with E-state index in [1.807, 2.05) is 24.0 Å². The number of aromatic nitrogens is 5. The highest BCUT2D eigenvalue weighted by atomic mass is 16.5. The molecule has 0 amide bonds. The molecule has 0 aliphatic carbocycles. The fraction of sp³-hybridized carbons (Fsp3) is 0.571. The van der Waals surface area contributed by atoms with Gasteiger partial charge in [0.05, 0.1) is 30.1 Å². The zero-order valence-corrected chi connectivity index (χ0v) is 17.0. The molecule has 5 fully saturated rings. The van der Waals surface area contributed by atoms with Crippen LogP contribution in [0.2, 0.25) is 0 Å². The van der Waals surface area contributed by atoms with Gasteiger partial charge < -0.3 is 19.3 Å². The highest BCUT2D eigenvalue weighted by Gasteiger charge is 2.40. The molecule has 9 heteroatoms. The van der Waals surface area contributed by atoms with Crippen molar-refractivity contribution in [1.29, 1.82) is 0 Å². The smallest absolute Gasteiger partial charge is 0.139 e. The van der Waals surface area contributed by atoms with E-state index in [4.69, 9.17) is 19.6 Å². The lowest BCUT2D eigenvalue weighted by atomic mass is 9.99. The highest BCUT2D eigenvalue weighted by molar-refractivity contribution is 5.98. The molecule has 9 nitrogen and oxygen atoms in total. The van der Waals surface area contributed by atoms with E-state index >= 15 is 0 Å². The van der Waals surface area contributed by atoms with Gasteiger partial charge in [-0.15, -0.1) is 0 Å². The minimum atomic E-state index is 0.325. The number of hydrogen-bond donors (Lipinski definition) is 1. The largest absolute Gasteiger partial charge is 0.371 e. The molecular formula is C21H25N7O2. The number of fused-ring (bicyclic) bond motifs is 5. The van der Waals surface area contributed by atoms with Crippen molar-refractivity contribution in [2.45, 2.75) is 43.7 Å². The van der Waals surface area contributed by atoms with Gasteiger partial charge in [-0.05, 0) is 18.9 Å². The summed E-state index contributed by atoms with van der Waals surface area (Å²) >= 11 is 0. The Kier molecular flexibility index (Phi) is 3.52. The Morgan fingerprint density at radius 3 is 2.40 bits per heavy atom. The molecule has 0 spiro atoms. The zero-order chi connectivity index (χ0) is 19.8. The average Bonchev–Trinajstić information content (AvgIpc) is 3.47. The summed E-state index contributed by atoms with van der Waals surface area (Å²) in [7, 11) is 2.00. The minimum Gasteiger partial charge on any atom is -0.371 e. The summed E-state index contributed by atoms with van der Waals surface area (Å²) in [5, 5.41) is 12.1. The van der Waals surface area contributed by atoms with Crippen LogP contribution >= 0.6 is 0 Å². The van der Waals surface area contributed by atoms with Crippen LogP contribution in [0, 0.1) is 0 Å². The van der Waals surface area contributed by atoms with E-state index in [-0.39, 0.29) is 0 Å². The Morgan fingerprint density at radius 2 is 1.70 bits per heavy atom. The second-order valence-corrected chi connectivity index (χ2v) is 9.01. The quantitative estimate of drug-likeness (QED) is 0.707. The van der Waals surface area contributed by atoms with Gasteiger partial charge in [0.25, 0.3) is 0 Å². The van der Waals surface area contributed by atoms with Crippen LogP contribution in [0.25, 0.3) is 22.4 Å². The Labute approximate surface area is 173 Å². The van der Waals surface area contributed by atoms with E-state index in [2.05, 4.69) is 26.1 Å². The lowest BCUT2D eigenvalue weighted by Gasteiger charge is -2.47. The second-order valence-electron chi connectivity index (χ2n) is 9.01. The molecule has 8 rings (SSSR count). The highest BCUT2D eigenvalue weighted by Crippen LogP contribution is 2.39. The van der Waals surface area contributed by atoms with E-state index in [1.165, 1.54) is 12.1 Å². The predicted octanol–water partition coefficient (Wildman–Crippen LogP) is 1.70. The Balaban J connectivity index is 1.40. The summed E-state index contributed by atoms with van der Waals surface area (Å²) in [6.45, 7) is 3.65. The van der Waals surface area contributed by atoms with E-state index in [0.29, 0.717) is 24.4 Å².